The third kappa shape index (κ3) is 2.85. The first-order valence-corrected chi connectivity index (χ1v) is 4.51. The van der Waals surface area contributed by atoms with Gasteiger partial charge in [0.05, 0.1) is 12.5 Å². The minimum absolute atomic E-state index is 0.365. The fraction of sp³-hybridized carbons (Fsp3) is 0.556. The van der Waals surface area contributed by atoms with Crippen molar-refractivity contribution in [3.8, 4) is 0 Å². The van der Waals surface area contributed by atoms with Gasteiger partial charge in [-0.05, 0) is 0 Å². The fourth-order valence-electron chi connectivity index (χ4n) is 1.05. The van der Waals surface area contributed by atoms with Gasteiger partial charge in [-0.3, -0.25) is 4.79 Å². The molecule has 0 fully saturated rings. The lowest BCUT2D eigenvalue weighted by Crippen LogP contribution is -2.26. The van der Waals surface area contributed by atoms with E-state index >= 15 is 0 Å². The monoisotopic (exact) mass is 197 g/mol. The van der Waals surface area contributed by atoms with Crippen molar-refractivity contribution in [2.45, 2.75) is 13.5 Å². The summed E-state index contributed by atoms with van der Waals surface area (Å²) in [5.41, 5.74) is 0. The molecule has 0 amide bonds. The number of imidazole rings is 1. The Hall–Kier alpha value is -1.36. The highest BCUT2D eigenvalue weighted by molar-refractivity contribution is 5.69. The predicted octanol–water partition coefficient (Wildman–Crippen LogP) is 0.230. The Morgan fingerprint density at radius 3 is 3.00 bits per heavy atom. The maximum absolute atomic E-state index is 10.5. The maximum Gasteiger partial charge on any atom is 0.307 e. The SMILES string of the molecule is CC(CNCc1nccn1C)C(=O)O. The predicted molar refractivity (Wildman–Crippen MR) is 51.7 cm³/mol. The summed E-state index contributed by atoms with van der Waals surface area (Å²) in [7, 11) is 1.91. The summed E-state index contributed by atoms with van der Waals surface area (Å²) in [5.74, 6) is -0.241. The molecule has 0 aromatic carbocycles. The lowest BCUT2D eigenvalue weighted by Gasteiger charge is -2.07. The van der Waals surface area contributed by atoms with Crippen molar-refractivity contribution in [1.82, 2.24) is 14.9 Å². The van der Waals surface area contributed by atoms with Crippen molar-refractivity contribution in [1.29, 1.82) is 0 Å². The maximum atomic E-state index is 10.5. The average molecular weight is 197 g/mol. The van der Waals surface area contributed by atoms with Gasteiger partial charge in [0.2, 0.25) is 0 Å². The van der Waals surface area contributed by atoms with Gasteiger partial charge in [-0.25, -0.2) is 4.98 Å². The molecule has 2 N–H and O–H groups in total. The number of carboxylic acids is 1. The van der Waals surface area contributed by atoms with Crippen LogP contribution in [0.5, 0.6) is 0 Å². The van der Waals surface area contributed by atoms with Crippen LogP contribution >= 0.6 is 0 Å². The van der Waals surface area contributed by atoms with Gasteiger partial charge in [0.25, 0.3) is 0 Å². The van der Waals surface area contributed by atoms with Gasteiger partial charge in [-0.2, -0.15) is 0 Å². The quantitative estimate of drug-likeness (QED) is 0.709. The molecule has 1 heterocycles. The van der Waals surface area contributed by atoms with Crippen LogP contribution in [0.25, 0.3) is 0 Å². The zero-order chi connectivity index (χ0) is 10.6. The molecule has 0 aliphatic carbocycles. The van der Waals surface area contributed by atoms with Gasteiger partial charge in [0, 0.05) is 26.0 Å². The summed E-state index contributed by atoms with van der Waals surface area (Å²) in [5, 5.41) is 11.7. The number of rotatable bonds is 5. The zero-order valence-electron chi connectivity index (χ0n) is 8.40. The molecule has 5 nitrogen and oxygen atoms in total. The number of nitrogens with zero attached hydrogens (tertiary/aromatic N) is 2. The van der Waals surface area contributed by atoms with Crippen molar-refractivity contribution >= 4 is 5.97 Å². The van der Waals surface area contributed by atoms with Crippen molar-refractivity contribution < 1.29 is 9.90 Å². The summed E-state index contributed by atoms with van der Waals surface area (Å²) < 4.78 is 1.90. The summed E-state index contributed by atoms with van der Waals surface area (Å²) in [4.78, 5) is 14.6. The molecule has 14 heavy (non-hydrogen) atoms. The molecular formula is C9H15N3O2. The molecule has 78 valence electrons. The minimum atomic E-state index is -0.780. The van der Waals surface area contributed by atoms with Crippen molar-refractivity contribution in [3.05, 3.63) is 18.2 Å². The summed E-state index contributed by atoms with van der Waals surface area (Å²) in [6.45, 7) is 2.73. The first-order valence-electron chi connectivity index (χ1n) is 4.51. The molecule has 0 aliphatic heterocycles. The summed E-state index contributed by atoms with van der Waals surface area (Å²) >= 11 is 0. The Morgan fingerprint density at radius 1 is 1.79 bits per heavy atom. The molecule has 0 radical (unpaired) electrons. The van der Waals surface area contributed by atoms with Crippen LogP contribution in [0.15, 0.2) is 12.4 Å². The summed E-state index contributed by atoms with van der Waals surface area (Å²) in [6.07, 6.45) is 3.58. The van der Waals surface area contributed by atoms with Gasteiger partial charge in [-0.15, -0.1) is 0 Å². The van der Waals surface area contributed by atoms with E-state index in [-0.39, 0.29) is 5.92 Å². The second-order valence-corrected chi connectivity index (χ2v) is 3.32. The molecule has 1 rings (SSSR count). The molecule has 0 spiro atoms. The van der Waals surface area contributed by atoms with Crippen LogP contribution in [0.4, 0.5) is 0 Å². The Labute approximate surface area is 82.8 Å². The van der Waals surface area contributed by atoms with Gasteiger partial charge in [0.1, 0.15) is 5.82 Å². The largest absolute Gasteiger partial charge is 0.481 e. The molecule has 5 heteroatoms. The first-order chi connectivity index (χ1) is 6.61. The zero-order valence-corrected chi connectivity index (χ0v) is 8.40. The van der Waals surface area contributed by atoms with E-state index in [4.69, 9.17) is 5.11 Å². The molecule has 1 aromatic heterocycles. The molecule has 1 atom stereocenters. The number of aromatic nitrogens is 2. The van der Waals surface area contributed by atoms with Gasteiger partial charge >= 0.3 is 5.97 Å². The topological polar surface area (TPSA) is 67.2 Å². The molecule has 0 saturated heterocycles. The molecule has 0 aliphatic rings. The highest BCUT2D eigenvalue weighted by Crippen LogP contribution is 1.95. The van der Waals surface area contributed by atoms with E-state index in [9.17, 15) is 4.79 Å². The van der Waals surface area contributed by atoms with E-state index in [2.05, 4.69) is 10.3 Å². The Balaban J connectivity index is 2.29. The number of hydrogen-bond acceptors (Lipinski definition) is 3. The Bertz CT molecular complexity index is 309. The Morgan fingerprint density at radius 2 is 2.50 bits per heavy atom. The second-order valence-electron chi connectivity index (χ2n) is 3.32. The van der Waals surface area contributed by atoms with Gasteiger partial charge in [-0.1, -0.05) is 6.92 Å². The number of nitrogens with one attached hydrogen (secondary N) is 1. The van der Waals surface area contributed by atoms with Crippen molar-refractivity contribution in [2.24, 2.45) is 13.0 Å². The molecule has 1 unspecified atom stereocenters. The third-order valence-corrected chi connectivity index (χ3v) is 2.08. The van der Waals surface area contributed by atoms with E-state index < -0.39 is 5.97 Å². The van der Waals surface area contributed by atoms with Crippen LogP contribution in [0.3, 0.4) is 0 Å². The number of aliphatic carboxylic acids is 1. The number of aryl methyl sites for hydroxylation is 1. The Kier molecular flexibility index (Phi) is 3.64. The normalized spacial score (nSPS) is 12.7. The van der Waals surface area contributed by atoms with E-state index in [0.717, 1.165) is 5.82 Å². The average Bonchev–Trinajstić information content (AvgIpc) is 2.51. The summed E-state index contributed by atoms with van der Waals surface area (Å²) in [6, 6.07) is 0. The highest BCUT2D eigenvalue weighted by Gasteiger charge is 2.09. The number of hydrogen-bond donors (Lipinski definition) is 2. The molecule has 0 saturated carbocycles. The van der Waals surface area contributed by atoms with E-state index in [1.807, 2.05) is 17.8 Å². The fourth-order valence-corrected chi connectivity index (χ4v) is 1.05. The minimum Gasteiger partial charge on any atom is -0.481 e. The molecule has 1 aromatic rings. The van der Waals surface area contributed by atoms with Crippen molar-refractivity contribution in [3.63, 3.8) is 0 Å². The van der Waals surface area contributed by atoms with Crippen LogP contribution in [0.2, 0.25) is 0 Å². The molecular weight excluding hydrogens is 182 g/mol. The van der Waals surface area contributed by atoms with Crippen LogP contribution < -0.4 is 5.32 Å². The van der Waals surface area contributed by atoms with E-state index in [1.165, 1.54) is 0 Å². The third-order valence-electron chi connectivity index (χ3n) is 2.08. The van der Waals surface area contributed by atoms with Gasteiger partial charge < -0.3 is 15.0 Å². The lowest BCUT2D eigenvalue weighted by atomic mass is 10.2. The van der Waals surface area contributed by atoms with Crippen LogP contribution in [-0.4, -0.2) is 27.2 Å². The van der Waals surface area contributed by atoms with E-state index in [0.29, 0.717) is 13.1 Å². The van der Waals surface area contributed by atoms with Crippen LogP contribution in [0.1, 0.15) is 12.7 Å². The lowest BCUT2D eigenvalue weighted by molar-refractivity contribution is -0.140. The van der Waals surface area contributed by atoms with Gasteiger partial charge in [0.15, 0.2) is 0 Å². The van der Waals surface area contributed by atoms with E-state index in [1.54, 1.807) is 13.1 Å². The van der Waals surface area contributed by atoms with Crippen LogP contribution in [-0.2, 0) is 18.4 Å². The standard InChI is InChI=1S/C9H15N3O2/c1-7(9(13)14)5-10-6-8-11-3-4-12(8)2/h3-4,7,10H,5-6H2,1-2H3,(H,13,14). The number of carbonyl (C=O) groups is 1. The smallest absolute Gasteiger partial charge is 0.307 e. The second kappa shape index (κ2) is 4.76. The van der Waals surface area contributed by atoms with Crippen LogP contribution in [0, 0.1) is 5.92 Å². The first kappa shape index (κ1) is 10.7. The molecule has 0 bridgehead atoms. The highest BCUT2D eigenvalue weighted by atomic mass is 16.4. The number of carboxylic acid groups (broad SMARTS) is 1. The van der Waals surface area contributed by atoms with Crippen molar-refractivity contribution in [2.75, 3.05) is 6.54 Å².